The van der Waals surface area contributed by atoms with Crippen LogP contribution in [0.5, 0.6) is 0 Å². The van der Waals surface area contributed by atoms with Crippen LogP contribution in [0.15, 0.2) is 71.3 Å². The highest BCUT2D eigenvalue weighted by Gasteiger charge is 2.49. The summed E-state index contributed by atoms with van der Waals surface area (Å²) in [5.74, 6) is -0.734. The molecule has 2 heterocycles. The van der Waals surface area contributed by atoms with E-state index < -0.39 is 22.2 Å². The average Bonchev–Trinajstić information content (AvgIpc) is 3.19. The SMILES string of the molecule is CCOC(=O)C1=C[C@H](c2ccccc2)[C@@H]2CCN(S(=O)(=O)c3ccc(C)cc3)[C@@H]2O1. The summed E-state index contributed by atoms with van der Waals surface area (Å²) in [6.45, 7) is 4.18. The third-order valence-corrected chi connectivity index (χ3v) is 7.54. The number of aryl methyl sites for hydroxylation is 1. The van der Waals surface area contributed by atoms with E-state index in [2.05, 4.69) is 0 Å². The van der Waals surface area contributed by atoms with Gasteiger partial charge in [-0.15, -0.1) is 0 Å². The van der Waals surface area contributed by atoms with Gasteiger partial charge in [-0.05, 0) is 44.0 Å². The highest BCUT2D eigenvalue weighted by atomic mass is 32.2. The van der Waals surface area contributed by atoms with Crippen molar-refractivity contribution in [2.45, 2.75) is 37.3 Å². The summed E-state index contributed by atoms with van der Waals surface area (Å²) < 4.78 is 39.2. The van der Waals surface area contributed by atoms with Crippen LogP contribution < -0.4 is 0 Å². The molecule has 2 aliphatic heterocycles. The minimum absolute atomic E-state index is 0.0676. The van der Waals surface area contributed by atoms with Crippen LogP contribution >= 0.6 is 0 Å². The van der Waals surface area contributed by atoms with Crippen LogP contribution in [0, 0.1) is 12.8 Å². The van der Waals surface area contributed by atoms with Crippen LogP contribution in [0.1, 0.15) is 30.4 Å². The lowest BCUT2D eigenvalue weighted by atomic mass is 9.82. The number of sulfonamides is 1. The normalized spacial score (nSPS) is 23.9. The second-order valence-corrected chi connectivity index (χ2v) is 9.47. The lowest BCUT2D eigenvalue weighted by Crippen LogP contribution is -2.43. The molecule has 1 saturated heterocycles. The van der Waals surface area contributed by atoms with E-state index in [0.717, 1.165) is 11.1 Å². The van der Waals surface area contributed by atoms with Gasteiger partial charge < -0.3 is 9.47 Å². The van der Waals surface area contributed by atoms with Crippen LogP contribution in [-0.2, 0) is 24.3 Å². The third-order valence-electron chi connectivity index (χ3n) is 5.66. The van der Waals surface area contributed by atoms with Gasteiger partial charge in [-0.3, -0.25) is 0 Å². The Balaban J connectivity index is 1.72. The molecular formula is C23H25NO5S. The number of rotatable bonds is 5. The molecule has 0 bridgehead atoms. The van der Waals surface area contributed by atoms with Gasteiger partial charge in [0.1, 0.15) is 0 Å². The summed E-state index contributed by atoms with van der Waals surface area (Å²) in [5.41, 5.74) is 2.01. The van der Waals surface area contributed by atoms with Gasteiger partial charge in [0, 0.05) is 18.4 Å². The molecule has 3 atom stereocenters. The maximum Gasteiger partial charge on any atom is 0.373 e. The summed E-state index contributed by atoms with van der Waals surface area (Å²) >= 11 is 0. The van der Waals surface area contributed by atoms with Crippen molar-refractivity contribution in [2.24, 2.45) is 5.92 Å². The molecule has 4 rings (SSSR count). The zero-order valence-electron chi connectivity index (χ0n) is 17.0. The van der Waals surface area contributed by atoms with Crippen LogP contribution in [0.2, 0.25) is 0 Å². The fraction of sp³-hybridized carbons (Fsp3) is 0.348. The molecule has 1 fully saturated rings. The molecule has 0 aromatic heterocycles. The molecule has 2 aromatic carbocycles. The van der Waals surface area contributed by atoms with E-state index in [-0.39, 0.29) is 29.1 Å². The van der Waals surface area contributed by atoms with Gasteiger partial charge in [0.15, 0.2) is 6.23 Å². The van der Waals surface area contributed by atoms with Crippen molar-refractivity contribution < 1.29 is 22.7 Å². The van der Waals surface area contributed by atoms with Gasteiger partial charge in [0.25, 0.3) is 0 Å². The van der Waals surface area contributed by atoms with Crippen LogP contribution in [0.25, 0.3) is 0 Å². The summed E-state index contributed by atoms with van der Waals surface area (Å²) in [6.07, 6.45) is 1.66. The number of ether oxygens (including phenoxy) is 2. The number of carbonyl (C=O) groups excluding carboxylic acids is 1. The maximum atomic E-state index is 13.4. The third kappa shape index (κ3) is 3.75. The molecule has 6 nitrogen and oxygen atoms in total. The molecule has 2 aromatic rings. The Morgan fingerprint density at radius 1 is 1.13 bits per heavy atom. The molecule has 158 valence electrons. The number of esters is 1. The number of fused-ring (bicyclic) bond motifs is 1. The number of allylic oxidation sites excluding steroid dienone is 1. The Morgan fingerprint density at radius 3 is 2.50 bits per heavy atom. The van der Waals surface area contributed by atoms with Gasteiger partial charge in [-0.25, -0.2) is 13.2 Å². The molecule has 0 N–H and O–H groups in total. The van der Waals surface area contributed by atoms with E-state index in [0.29, 0.717) is 13.0 Å². The zero-order chi connectivity index (χ0) is 21.3. The summed E-state index contributed by atoms with van der Waals surface area (Å²) in [5, 5.41) is 0. The largest absolute Gasteiger partial charge is 0.466 e. The molecule has 7 heteroatoms. The van der Waals surface area contributed by atoms with Gasteiger partial charge in [-0.1, -0.05) is 48.0 Å². The average molecular weight is 428 g/mol. The van der Waals surface area contributed by atoms with E-state index in [1.807, 2.05) is 37.3 Å². The van der Waals surface area contributed by atoms with Gasteiger partial charge in [-0.2, -0.15) is 4.31 Å². The molecular weight excluding hydrogens is 402 g/mol. The van der Waals surface area contributed by atoms with Crippen molar-refractivity contribution >= 4 is 16.0 Å². The van der Waals surface area contributed by atoms with Gasteiger partial charge >= 0.3 is 5.97 Å². The first-order valence-electron chi connectivity index (χ1n) is 10.1. The molecule has 2 aliphatic rings. The van der Waals surface area contributed by atoms with E-state index in [1.165, 1.54) is 4.31 Å². The van der Waals surface area contributed by atoms with Crippen molar-refractivity contribution in [3.63, 3.8) is 0 Å². The monoisotopic (exact) mass is 427 g/mol. The van der Waals surface area contributed by atoms with Crippen molar-refractivity contribution in [1.82, 2.24) is 4.31 Å². The quantitative estimate of drug-likeness (QED) is 0.682. The molecule has 0 unspecified atom stereocenters. The smallest absolute Gasteiger partial charge is 0.373 e. The molecule has 0 aliphatic carbocycles. The predicted molar refractivity (Wildman–Crippen MR) is 112 cm³/mol. The lowest BCUT2D eigenvalue weighted by molar-refractivity contribution is -0.146. The highest BCUT2D eigenvalue weighted by molar-refractivity contribution is 7.89. The van der Waals surface area contributed by atoms with Crippen molar-refractivity contribution in [1.29, 1.82) is 0 Å². The molecule has 0 spiro atoms. The Kier molecular flexibility index (Phi) is 5.66. The first-order valence-corrected chi connectivity index (χ1v) is 11.5. The van der Waals surface area contributed by atoms with Gasteiger partial charge in [0.05, 0.1) is 11.5 Å². The minimum atomic E-state index is -3.76. The molecule has 30 heavy (non-hydrogen) atoms. The van der Waals surface area contributed by atoms with Gasteiger partial charge in [0.2, 0.25) is 15.8 Å². The zero-order valence-corrected chi connectivity index (χ0v) is 17.8. The lowest BCUT2D eigenvalue weighted by Gasteiger charge is -2.35. The second kappa shape index (κ2) is 8.24. The van der Waals surface area contributed by atoms with Crippen LogP contribution in [-0.4, -0.2) is 38.1 Å². The number of carbonyl (C=O) groups is 1. The second-order valence-electron chi connectivity index (χ2n) is 7.58. The number of hydrogen-bond acceptors (Lipinski definition) is 5. The Morgan fingerprint density at radius 2 is 1.83 bits per heavy atom. The topological polar surface area (TPSA) is 72.9 Å². The highest BCUT2D eigenvalue weighted by Crippen LogP contribution is 2.44. The minimum Gasteiger partial charge on any atom is -0.466 e. The maximum absolute atomic E-state index is 13.4. The molecule has 0 saturated carbocycles. The number of benzene rings is 2. The van der Waals surface area contributed by atoms with E-state index in [1.54, 1.807) is 37.3 Å². The van der Waals surface area contributed by atoms with Crippen LogP contribution in [0.4, 0.5) is 0 Å². The van der Waals surface area contributed by atoms with Crippen LogP contribution in [0.3, 0.4) is 0 Å². The predicted octanol–water partition coefficient (Wildman–Crippen LogP) is 3.59. The number of nitrogens with zero attached hydrogens (tertiary/aromatic N) is 1. The Hall–Kier alpha value is -2.64. The Bertz CT molecular complexity index is 1050. The fourth-order valence-corrected chi connectivity index (χ4v) is 5.73. The standard InChI is InChI=1S/C23H25NO5S/c1-3-28-23(25)21-15-20(17-7-5-4-6-8-17)19-13-14-24(22(19)29-21)30(26,27)18-11-9-16(2)10-12-18/h4-12,15,19-20,22H,3,13-14H2,1-2H3/t19-,20+,22+/m0/s1. The van der Waals surface area contributed by atoms with E-state index >= 15 is 0 Å². The first kappa shape index (κ1) is 20.6. The van der Waals surface area contributed by atoms with Crippen molar-refractivity contribution in [3.05, 3.63) is 77.6 Å². The van der Waals surface area contributed by atoms with E-state index in [9.17, 15) is 13.2 Å². The molecule has 0 amide bonds. The van der Waals surface area contributed by atoms with E-state index in [4.69, 9.17) is 9.47 Å². The molecule has 0 radical (unpaired) electrons. The summed E-state index contributed by atoms with van der Waals surface area (Å²) in [6, 6.07) is 16.6. The van der Waals surface area contributed by atoms with Crippen molar-refractivity contribution in [3.8, 4) is 0 Å². The fourth-order valence-electron chi connectivity index (χ4n) is 4.16. The first-order chi connectivity index (χ1) is 14.4. The summed E-state index contributed by atoms with van der Waals surface area (Å²) in [7, 11) is -3.76. The summed E-state index contributed by atoms with van der Waals surface area (Å²) in [4.78, 5) is 12.7. The number of hydrogen-bond donors (Lipinski definition) is 0. The Labute approximate surface area is 177 Å². The van der Waals surface area contributed by atoms with Crippen molar-refractivity contribution in [2.75, 3.05) is 13.2 Å².